The molecule has 0 aliphatic carbocycles. The molecule has 3 rings (SSSR count). The zero-order valence-corrected chi connectivity index (χ0v) is 23.9. The summed E-state index contributed by atoms with van der Waals surface area (Å²) < 4.78 is 17.1. The topological polar surface area (TPSA) is 157 Å². The number of hydrogen-bond acceptors (Lipinski definition) is 7. The summed E-state index contributed by atoms with van der Waals surface area (Å²) >= 11 is 0. The number of para-hydroxylation sites is 1. The van der Waals surface area contributed by atoms with E-state index in [2.05, 4.69) is 20.9 Å². The first kappa shape index (κ1) is 31.7. The number of aryl methyl sites for hydroxylation is 1. The number of carbonyl (C=O) groups is 4. The first-order valence-electron chi connectivity index (χ1n) is 13.3. The van der Waals surface area contributed by atoms with E-state index < -0.39 is 28.4 Å². The molecule has 2 aromatic carbocycles. The van der Waals surface area contributed by atoms with Crippen molar-refractivity contribution >= 4 is 46.0 Å². The highest BCUT2D eigenvalue weighted by Crippen LogP contribution is 2.15. The molecule has 1 atom stereocenters. The molecule has 0 bridgehead atoms. The van der Waals surface area contributed by atoms with Gasteiger partial charge in [0, 0.05) is 60.7 Å². The van der Waals surface area contributed by atoms with Crippen LogP contribution in [0.15, 0.2) is 48.5 Å². The average molecular weight is 588 g/mol. The molecule has 0 saturated carbocycles. The molecular weight excluding hydrogens is 550 g/mol. The fraction of sp³-hybridized carbons (Fsp3) is 0.429. The maximum absolute atomic E-state index is 13.2. The molecule has 1 fully saturated rings. The number of carboxylic acids is 1. The monoisotopic (exact) mass is 587 g/mol. The third-order valence-electron chi connectivity index (χ3n) is 6.37. The van der Waals surface area contributed by atoms with Crippen LogP contribution in [0.3, 0.4) is 0 Å². The summed E-state index contributed by atoms with van der Waals surface area (Å²) in [5.74, 6) is -2.27. The van der Waals surface area contributed by atoms with Gasteiger partial charge in [-0.05, 0) is 36.2 Å². The number of aliphatic carboxylic acids is 1. The van der Waals surface area contributed by atoms with Gasteiger partial charge in [-0.1, -0.05) is 30.3 Å². The lowest BCUT2D eigenvalue weighted by Crippen LogP contribution is -2.47. The van der Waals surface area contributed by atoms with E-state index in [0.717, 1.165) is 24.2 Å². The van der Waals surface area contributed by atoms with Gasteiger partial charge in [-0.25, -0.2) is 4.79 Å². The average Bonchev–Trinajstić information content (AvgIpc) is 2.93. The molecule has 1 aliphatic rings. The second-order valence-corrected chi connectivity index (χ2v) is 11.1. The summed E-state index contributed by atoms with van der Waals surface area (Å²) in [4.78, 5) is 52.5. The smallest absolute Gasteiger partial charge is 0.323 e. The molecule has 0 spiro atoms. The molecule has 4 amide bonds. The Balaban J connectivity index is 1.54. The number of ether oxygens (including phenoxy) is 1. The van der Waals surface area contributed by atoms with Crippen molar-refractivity contribution in [1.82, 2.24) is 15.1 Å². The number of nitrogens with zero attached hydrogens (tertiary/aromatic N) is 2. The normalized spacial score (nSPS) is 14.1. The van der Waals surface area contributed by atoms with Gasteiger partial charge in [0.05, 0.1) is 26.2 Å². The molecular formula is C28H37N5O7S. The molecule has 1 saturated heterocycles. The Kier molecular flexibility index (Phi) is 12.7. The molecule has 4 N–H and O–H groups in total. The van der Waals surface area contributed by atoms with Crippen LogP contribution >= 0.6 is 0 Å². The maximum Gasteiger partial charge on any atom is 0.323 e. The highest BCUT2D eigenvalue weighted by Gasteiger charge is 2.20. The predicted octanol–water partition coefficient (Wildman–Crippen LogP) is 1.29. The van der Waals surface area contributed by atoms with Gasteiger partial charge in [0.1, 0.15) is 5.75 Å². The van der Waals surface area contributed by atoms with Crippen LogP contribution in [-0.4, -0.2) is 107 Å². The second kappa shape index (κ2) is 16.5. The Morgan fingerprint density at radius 1 is 1.02 bits per heavy atom. The van der Waals surface area contributed by atoms with Gasteiger partial charge in [0.2, 0.25) is 11.8 Å². The molecule has 41 heavy (non-hydrogen) atoms. The summed E-state index contributed by atoms with van der Waals surface area (Å²) in [6.07, 6.45) is 0.0642. The van der Waals surface area contributed by atoms with Crippen molar-refractivity contribution in [2.75, 3.05) is 74.6 Å². The Labute approximate surface area is 241 Å². The summed E-state index contributed by atoms with van der Waals surface area (Å²) in [5.41, 5.74) is 2.94. The van der Waals surface area contributed by atoms with Crippen LogP contribution in [0.1, 0.15) is 11.1 Å². The van der Waals surface area contributed by atoms with Crippen LogP contribution in [0.5, 0.6) is 0 Å². The number of morpholine rings is 1. The number of amides is 4. The number of anilines is 2. The highest BCUT2D eigenvalue weighted by atomic mass is 32.2. The number of rotatable bonds is 14. The molecule has 0 radical (unpaired) electrons. The van der Waals surface area contributed by atoms with E-state index in [4.69, 9.17) is 9.84 Å². The van der Waals surface area contributed by atoms with Crippen molar-refractivity contribution in [3.8, 4) is 0 Å². The minimum atomic E-state index is -1.58. The van der Waals surface area contributed by atoms with Crippen molar-refractivity contribution in [1.29, 1.82) is 0 Å². The largest absolute Gasteiger partial charge is 0.481 e. The molecule has 222 valence electrons. The third-order valence-corrected chi connectivity index (χ3v) is 7.60. The zero-order chi connectivity index (χ0) is 29.6. The minimum absolute atomic E-state index is 0.0170. The van der Waals surface area contributed by atoms with Crippen LogP contribution in [0.25, 0.3) is 0 Å². The van der Waals surface area contributed by atoms with Gasteiger partial charge in [-0.3, -0.25) is 23.5 Å². The molecule has 13 heteroatoms. The second-order valence-electron chi connectivity index (χ2n) is 9.57. The lowest BCUT2D eigenvalue weighted by molar-refractivity contribution is -0.135. The Hall–Kier alpha value is -3.81. The van der Waals surface area contributed by atoms with Crippen LogP contribution in [-0.2, 0) is 36.3 Å². The molecule has 1 heterocycles. The highest BCUT2D eigenvalue weighted by molar-refractivity contribution is 7.85. The Bertz CT molecular complexity index is 1220. The summed E-state index contributed by atoms with van der Waals surface area (Å²) in [5, 5.41) is 16.9. The number of urea groups is 1. The number of carbonyl (C=O) groups excluding carboxylic acids is 3. The van der Waals surface area contributed by atoms with Gasteiger partial charge in [-0.15, -0.1) is 0 Å². The molecule has 2 aromatic rings. The number of hydrogen-bond donors (Lipinski definition) is 4. The standard InChI is InChI=1S/C28H37N5O7S/c1-21-4-2-3-5-24(21)31-28(38)30-23-8-6-22(7-9-23)18-26(35)33(12-11-32-13-15-40-16-14-32)19-25(34)29-10-17-41(39)20-27(36)37/h2-9H,10-20H2,1H3,(H,29,34)(H,36,37)(H2,30,31,38). The number of benzene rings is 2. The van der Waals surface area contributed by atoms with Crippen LogP contribution < -0.4 is 16.0 Å². The first-order chi connectivity index (χ1) is 19.7. The summed E-state index contributed by atoms with van der Waals surface area (Å²) in [6.45, 7) is 5.44. The quantitative estimate of drug-likeness (QED) is 0.258. The van der Waals surface area contributed by atoms with Crippen LogP contribution in [0, 0.1) is 6.92 Å². The SMILES string of the molecule is Cc1ccccc1NC(=O)Nc1ccc(CC(=O)N(CCN2CCOCC2)CC(=O)NCCS(=O)CC(=O)O)cc1. The van der Waals surface area contributed by atoms with Crippen molar-refractivity contribution in [2.45, 2.75) is 13.3 Å². The van der Waals surface area contributed by atoms with E-state index in [0.29, 0.717) is 37.7 Å². The fourth-order valence-corrected chi connectivity index (χ4v) is 4.86. The van der Waals surface area contributed by atoms with E-state index in [1.807, 2.05) is 31.2 Å². The van der Waals surface area contributed by atoms with Crippen molar-refractivity contribution in [3.05, 3.63) is 59.7 Å². The van der Waals surface area contributed by atoms with E-state index >= 15 is 0 Å². The molecule has 1 unspecified atom stereocenters. The summed E-state index contributed by atoms with van der Waals surface area (Å²) in [7, 11) is -1.58. The van der Waals surface area contributed by atoms with Gasteiger partial charge >= 0.3 is 12.0 Å². The first-order valence-corrected chi connectivity index (χ1v) is 14.8. The Morgan fingerprint density at radius 2 is 1.73 bits per heavy atom. The van der Waals surface area contributed by atoms with Gasteiger partial charge < -0.3 is 30.7 Å². The molecule has 1 aliphatic heterocycles. The van der Waals surface area contributed by atoms with Crippen LogP contribution in [0.4, 0.5) is 16.2 Å². The van der Waals surface area contributed by atoms with E-state index in [1.54, 1.807) is 24.3 Å². The maximum atomic E-state index is 13.2. The number of nitrogens with one attached hydrogen (secondary N) is 3. The molecule has 0 aromatic heterocycles. The third kappa shape index (κ3) is 11.7. The summed E-state index contributed by atoms with van der Waals surface area (Å²) in [6, 6.07) is 14.0. The number of carboxylic acid groups (broad SMARTS) is 1. The van der Waals surface area contributed by atoms with Crippen molar-refractivity contribution in [2.24, 2.45) is 0 Å². The fourth-order valence-electron chi connectivity index (χ4n) is 4.11. The molecule has 12 nitrogen and oxygen atoms in total. The lowest BCUT2D eigenvalue weighted by Gasteiger charge is -2.30. The Morgan fingerprint density at radius 3 is 2.41 bits per heavy atom. The van der Waals surface area contributed by atoms with E-state index in [9.17, 15) is 23.4 Å². The van der Waals surface area contributed by atoms with Crippen LogP contribution in [0.2, 0.25) is 0 Å². The minimum Gasteiger partial charge on any atom is -0.481 e. The lowest BCUT2D eigenvalue weighted by atomic mass is 10.1. The van der Waals surface area contributed by atoms with Gasteiger partial charge in [0.15, 0.2) is 0 Å². The predicted molar refractivity (Wildman–Crippen MR) is 156 cm³/mol. The van der Waals surface area contributed by atoms with Gasteiger partial charge in [-0.2, -0.15) is 0 Å². The van der Waals surface area contributed by atoms with E-state index in [-0.39, 0.29) is 37.2 Å². The van der Waals surface area contributed by atoms with Crippen molar-refractivity contribution in [3.63, 3.8) is 0 Å². The van der Waals surface area contributed by atoms with Crippen molar-refractivity contribution < 1.29 is 33.2 Å². The zero-order valence-electron chi connectivity index (χ0n) is 23.1. The van der Waals surface area contributed by atoms with Gasteiger partial charge in [0.25, 0.3) is 0 Å². The van der Waals surface area contributed by atoms with E-state index in [1.165, 1.54) is 4.90 Å².